The number of rotatable bonds is 63. The second kappa shape index (κ2) is 59.0. The molecule has 536 valence electrons. The lowest BCUT2D eigenvalue weighted by atomic mass is 10.1. The number of ether oxygens (including phenoxy) is 5. The van der Waals surface area contributed by atoms with Crippen molar-refractivity contribution >= 4 is 51.4 Å². The third-order valence-electron chi connectivity index (χ3n) is 18.5. The number of nitrogens with zero attached hydrogens (tertiary/aromatic N) is 4. The Labute approximate surface area is 562 Å². The number of carbonyl (C=O) groups excluding carboxylic acids is 5. The summed E-state index contributed by atoms with van der Waals surface area (Å²) in [5.41, 5.74) is 0. The van der Waals surface area contributed by atoms with Gasteiger partial charge in [-0.3, -0.25) is 43.6 Å². The van der Waals surface area contributed by atoms with Gasteiger partial charge in [-0.15, -0.1) is 0 Å². The zero-order valence-corrected chi connectivity index (χ0v) is 60.6. The second-order valence-corrected chi connectivity index (χ2v) is 28.5. The number of piperazine rings is 1. The third-order valence-corrected chi connectivity index (χ3v) is 20.9. The van der Waals surface area contributed by atoms with E-state index in [4.69, 9.17) is 23.7 Å². The Morgan fingerprint density at radius 3 is 1.08 bits per heavy atom. The summed E-state index contributed by atoms with van der Waals surface area (Å²) in [6.07, 6.45) is 21.8. The van der Waals surface area contributed by atoms with E-state index in [1.807, 2.05) is 21.6 Å². The predicted octanol–water partition coefficient (Wildman–Crippen LogP) is 13.2. The van der Waals surface area contributed by atoms with Gasteiger partial charge >= 0.3 is 29.8 Å². The fourth-order valence-electron chi connectivity index (χ4n) is 11.3. The molecular weight excluding hydrogens is 1200 g/mol. The molecule has 20 heteroatoms. The van der Waals surface area contributed by atoms with Crippen molar-refractivity contribution in [1.29, 1.82) is 0 Å². The van der Waals surface area contributed by atoms with Crippen LogP contribution in [0.3, 0.4) is 0 Å². The molecule has 4 unspecified atom stereocenters. The first-order valence-electron chi connectivity index (χ1n) is 36.7. The van der Waals surface area contributed by atoms with Crippen LogP contribution in [0.4, 0.5) is 0 Å². The SMILES string of the molecule is CCC(CC)COC(=O)CCCCCCC(O)CN(CCCSSCCN1CCN(CCOC(=O)CCCN(C(O)CCCCCC(=O)OCC(CC)CC)C(O)CCCCCC(=O)OCC(CC)CC)CC1)CC(O)CCCCCCC(=O)OCC(CC)CC. The van der Waals surface area contributed by atoms with Gasteiger partial charge in [0.15, 0.2) is 0 Å². The van der Waals surface area contributed by atoms with Crippen LogP contribution in [0, 0.1) is 23.7 Å². The molecule has 91 heavy (non-hydrogen) atoms. The highest BCUT2D eigenvalue weighted by atomic mass is 33.1. The molecule has 0 aliphatic carbocycles. The van der Waals surface area contributed by atoms with Gasteiger partial charge < -0.3 is 44.1 Å². The van der Waals surface area contributed by atoms with Crippen molar-refractivity contribution in [2.24, 2.45) is 23.7 Å². The standard InChI is InChI=1S/C71H136N4O14S2/c1-9-59(10-2)55-86-68(81)37-27-19-17-23-33-63(76)53-74(54-64(77)34-24-18-20-28-38-69(82)87-56-60(11-3)12-4)42-32-51-90-91-52-49-73-46-44-72(45-47-73)48-50-85-67(80)41-31-43-75(65(78)35-25-21-29-39-70(83)88-57-61(13-5)14-6)66(79)36-26-22-30-40-71(84)89-58-62(15-7)16-8/h59-66,76-79H,9-58H2,1-8H3. The lowest BCUT2D eigenvalue weighted by Gasteiger charge is -2.34. The molecule has 1 fully saturated rings. The fourth-order valence-corrected chi connectivity index (χ4v) is 13.4. The molecule has 1 aliphatic heterocycles. The van der Waals surface area contributed by atoms with Crippen molar-refractivity contribution in [3.05, 3.63) is 0 Å². The largest absolute Gasteiger partial charge is 0.465 e. The van der Waals surface area contributed by atoms with Crippen LogP contribution in [0.15, 0.2) is 0 Å². The highest BCUT2D eigenvalue weighted by Crippen LogP contribution is 2.24. The molecule has 1 rings (SSSR count). The van der Waals surface area contributed by atoms with E-state index in [1.165, 1.54) is 0 Å². The van der Waals surface area contributed by atoms with Crippen molar-refractivity contribution in [3.8, 4) is 0 Å². The molecule has 1 saturated heterocycles. The summed E-state index contributed by atoms with van der Waals surface area (Å²) in [5, 5.41) is 44.9. The minimum absolute atomic E-state index is 0.114. The first kappa shape index (κ1) is 86.7. The van der Waals surface area contributed by atoms with Gasteiger partial charge in [-0.25, -0.2) is 0 Å². The number of unbranched alkanes of at least 4 members (excludes halogenated alkanes) is 10. The molecule has 4 atom stereocenters. The highest BCUT2D eigenvalue weighted by molar-refractivity contribution is 8.76. The lowest BCUT2D eigenvalue weighted by molar-refractivity contribution is -0.146. The van der Waals surface area contributed by atoms with E-state index < -0.39 is 24.7 Å². The van der Waals surface area contributed by atoms with Crippen molar-refractivity contribution in [2.45, 2.75) is 292 Å². The summed E-state index contributed by atoms with van der Waals surface area (Å²) in [4.78, 5) is 70.7. The summed E-state index contributed by atoms with van der Waals surface area (Å²) in [6.45, 7) is 26.7. The first-order valence-corrected chi connectivity index (χ1v) is 39.2. The Morgan fingerprint density at radius 2 is 0.692 bits per heavy atom. The molecule has 18 nitrogen and oxygen atoms in total. The molecular formula is C71H136N4O14S2. The quantitative estimate of drug-likeness (QED) is 0.0146. The molecule has 1 heterocycles. The van der Waals surface area contributed by atoms with Crippen LogP contribution in [0.1, 0.15) is 267 Å². The van der Waals surface area contributed by atoms with Gasteiger partial charge in [-0.1, -0.05) is 180 Å². The number of hydrogen-bond acceptors (Lipinski definition) is 20. The predicted molar refractivity (Wildman–Crippen MR) is 371 cm³/mol. The Morgan fingerprint density at radius 1 is 0.374 bits per heavy atom. The van der Waals surface area contributed by atoms with Gasteiger partial charge in [-0.2, -0.15) is 0 Å². The smallest absolute Gasteiger partial charge is 0.305 e. The zero-order valence-electron chi connectivity index (χ0n) is 59.0. The first-order chi connectivity index (χ1) is 44.0. The van der Waals surface area contributed by atoms with Gasteiger partial charge in [0.2, 0.25) is 0 Å². The highest BCUT2D eigenvalue weighted by Gasteiger charge is 2.25. The van der Waals surface area contributed by atoms with Crippen molar-refractivity contribution in [3.63, 3.8) is 0 Å². The van der Waals surface area contributed by atoms with Crippen LogP contribution in [-0.2, 0) is 47.7 Å². The van der Waals surface area contributed by atoms with Crippen LogP contribution < -0.4 is 0 Å². The number of aliphatic hydroxyl groups excluding tert-OH is 4. The summed E-state index contributed by atoms with van der Waals surface area (Å²) >= 11 is 0. The average Bonchev–Trinajstić information content (AvgIpc) is 3.75. The minimum atomic E-state index is -0.910. The monoisotopic (exact) mass is 1330 g/mol. The second-order valence-electron chi connectivity index (χ2n) is 25.8. The number of esters is 5. The summed E-state index contributed by atoms with van der Waals surface area (Å²) in [7, 11) is 3.77. The Balaban J connectivity index is 2.53. The molecule has 1 aliphatic rings. The molecule has 0 bridgehead atoms. The molecule has 4 N–H and O–H groups in total. The van der Waals surface area contributed by atoms with E-state index in [0.29, 0.717) is 166 Å². The Kier molecular flexibility index (Phi) is 56.3. The Hall–Kier alpha value is -2.27. The van der Waals surface area contributed by atoms with E-state index in [0.717, 1.165) is 173 Å². The van der Waals surface area contributed by atoms with Crippen LogP contribution in [0.5, 0.6) is 0 Å². The third kappa shape index (κ3) is 48.1. The van der Waals surface area contributed by atoms with Gasteiger partial charge in [0.25, 0.3) is 0 Å². The van der Waals surface area contributed by atoms with Crippen LogP contribution in [0.25, 0.3) is 0 Å². The van der Waals surface area contributed by atoms with Crippen molar-refractivity contribution in [2.75, 3.05) is 110 Å². The van der Waals surface area contributed by atoms with Gasteiger partial charge in [0.05, 0.1) is 38.6 Å². The maximum Gasteiger partial charge on any atom is 0.305 e. The average molecular weight is 1330 g/mol. The van der Waals surface area contributed by atoms with E-state index in [1.54, 1.807) is 4.90 Å². The van der Waals surface area contributed by atoms with Crippen molar-refractivity contribution in [1.82, 2.24) is 19.6 Å². The van der Waals surface area contributed by atoms with E-state index in [-0.39, 0.29) is 36.3 Å². The van der Waals surface area contributed by atoms with Crippen LogP contribution >= 0.6 is 21.6 Å². The molecule has 0 aromatic heterocycles. The molecule has 0 aromatic carbocycles. The molecule has 0 spiro atoms. The summed E-state index contributed by atoms with van der Waals surface area (Å²) in [6, 6.07) is 0. The van der Waals surface area contributed by atoms with Crippen LogP contribution in [-0.4, -0.2) is 205 Å². The fraction of sp³-hybridized carbons (Fsp3) is 0.930. The summed E-state index contributed by atoms with van der Waals surface area (Å²) in [5.74, 6) is 2.72. The van der Waals surface area contributed by atoms with Crippen LogP contribution in [0.2, 0.25) is 0 Å². The van der Waals surface area contributed by atoms with E-state index in [9.17, 15) is 44.4 Å². The maximum atomic E-state index is 12.9. The molecule has 0 aromatic rings. The van der Waals surface area contributed by atoms with E-state index >= 15 is 0 Å². The summed E-state index contributed by atoms with van der Waals surface area (Å²) < 4.78 is 27.6. The zero-order chi connectivity index (χ0) is 67.1. The molecule has 0 radical (unpaired) electrons. The van der Waals surface area contributed by atoms with E-state index in [2.05, 4.69) is 70.1 Å². The number of carbonyl (C=O) groups is 5. The van der Waals surface area contributed by atoms with Gasteiger partial charge in [0, 0.05) is 103 Å². The van der Waals surface area contributed by atoms with Gasteiger partial charge in [0.1, 0.15) is 19.1 Å². The van der Waals surface area contributed by atoms with Gasteiger partial charge in [-0.05, 0) is 107 Å². The maximum absolute atomic E-state index is 12.9. The normalized spacial score (nSPS) is 14.7. The number of aliphatic hydroxyl groups is 4. The molecule has 0 amide bonds. The van der Waals surface area contributed by atoms with Crippen molar-refractivity contribution < 1.29 is 68.1 Å². The topological polar surface area (TPSA) is 225 Å². The molecule has 0 saturated carbocycles. The Bertz CT molecular complexity index is 1660. The lowest BCUT2D eigenvalue weighted by Crippen LogP contribution is -2.47. The number of hydrogen-bond donors (Lipinski definition) is 4. The minimum Gasteiger partial charge on any atom is -0.465 e.